The van der Waals surface area contributed by atoms with E-state index in [9.17, 15) is 0 Å². The van der Waals surface area contributed by atoms with Gasteiger partial charge in [0.1, 0.15) is 5.01 Å². The Kier molecular flexibility index (Phi) is 6.06. The van der Waals surface area contributed by atoms with E-state index in [4.69, 9.17) is 28.2 Å². The number of aromatic nitrogens is 1. The predicted octanol–water partition coefficient (Wildman–Crippen LogP) is 5.66. The van der Waals surface area contributed by atoms with Gasteiger partial charge >= 0.3 is 0 Å². The summed E-state index contributed by atoms with van der Waals surface area (Å²) in [5.41, 5.74) is 2.11. The zero-order chi connectivity index (χ0) is 15.4. The number of hydrogen-bond acceptors (Lipinski definition) is 3. The molecule has 1 aromatic heterocycles. The maximum absolute atomic E-state index is 6.39. The van der Waals surface area contributed by atoms with Gasteiger partial charge in [0.05, 0.1) is 21.8 Å². The van der Waals surface area contributed by atoms with Crippen molar-refractivity contribution in [3.63, 3.8) is 0 Å². The van der Waals surface area contributed by atoms with Crippen molar-refractivity contribution < 1.29 is 0 Å². The van der Waals surface area contributed by atoms with E-state index in [1.54, 1.807) is 11.3 Å². The maximum Gasteiger partial charge on any atom is 0.114 e. The van der Waals surface area contributed by atoms with Crippen LogP contribution in [0.1, 0.15) is 55.4 Å². The molecule has 2 nitrogen and oxygen atoms in total. The van der Waals surface area contributed by atoms with Crippen molar-refractivity contribution >= 4 is 34.5 Å². The Morgan fingerprint density at radius 3 is 2.67 bits per heavy atom. The van der Waals surface area contributed by atoms with Gasteiger partial charge in [-0.3, -0.25) is 0 Å². The minimum absolute atomic E-state index is 0.00588. The molecule has 0 saturated heterocycles. The summed E-state index contributed by atoms with van der Waals surface area (Å²) in [4.78, 5) is 4.76. The molecule has 0 amide bonds. The Bertz CT molecular complexity index is 596. The lowest BCUT2D eigenvalue weighted by atomic mass is 10.1. The van der Waals surface area contributed by atoms with Crippen LogP contribution < -0.4 is 5.32 Å². The van der Waals surface area contributed by atoms with Gasteiger partial charge in [0.15, 0.2) is 0 Å². The molecule has 0 aliphatic carbocycles. The zero-order valence-corrected chi connectivity index (χ0v) is 14.8. The third-order valence-corrected chi connectivity index (χ3v) is 5.03. The number of thiazole rings is 1. The number of rotatable bonds is 6. The van der Waals surface area contributed by atoms with Gasteiger partial charge in [-0.1, -0.05) is 56.1 Å². The van der Waals surface area contributed by atoms with Gasteiger partial charge in [-0.05, 0) is 30.5 Å². The van der Waals surface area contributed by atoms with E-state index in [0.717, 1.165) is 29.2 Å². The van der Waals surface area contributed by atoms with Crippen LogP contribution in [0.2, 0.25) is 10.0 Å². The Balaban J connectivity index is 2.39. The molecular formula is C16H20Cl2N2S. The fourth-order valence-corrected chi connectivity index (χ4v) is 3.55. The van der Waals surface area contributed by atoms with E-state index >= 15 is 0 Å². The van der Waals surface area contributed by atoms with Crippen LogP contribution in [0.25, 0.3) is 0 Å². The van der Waals surface area contributed by atoms with E-state index in [-0.39, 0.29) is 6.04 Å². The molecule has 0 aliphatic rings. The fourth-order valence-electron chi connectivity index (χ4n) is 2.06. The van der Waals surface area contributed by atoms with Gasteiger partial charge in [-0.15, -0.1) is 11.3 Å². The molecule has 2 aromatic rings. The van der Waals surface area contributed by atoms with Gasteiger partial charge in [-0.25, -0.2) is 4.98 Å². The summed E-state index contributed by atoms with van der Waals surface area (Å²) in [5, 5.41) is 7.88. The standard InChI is InChI=1S/C16H20Cl2N2S/c1-4-8-19-15(11-6-5-7-12(17)14(11)18)16-20-13(9-21-16)10(2)3/h5-7,9-10,15,19H,4,8H2,1-3H3. The lowest BCUT2D eigenvalue weighted by molar-refractivity contribution is 0.593. The zero-order valence-electron chi connectivity index (χ0n) is 12.5. The van der Waals surface area contributed by atoms with Crippen molar-refractivity contribution in [1.29, 1.82) is 0 Å². The first kappa shape index (κ1) is 16.8. The van der Waals surface area contributed by atoms with Crippen molar-refractivity contribution in [2.75, 3.05) is 6.54 Å². The number of hydrogen-bond donors (Lipinski definition) is 1. The molecule has 1 atom stereocenters. The van der Waals surface area contributed by atoms with Crippen LogP contribution in [-0.4, -0.2) is 11.5 Å². The Hall–Kier alpha value is -0.610. The third kappa shape index (κ3) is 3.98. The van der Waals surface area contributed by atoms with Gasteiger partial charge < -0.3 is 5.32 Å². The topological polar surface area (TPSA) is 24.9 Å². The quantitative estimate of drug-likeness (QED) is 0.732. The highest BCUT2D eigenvalue weighted by atomic mass is 35.5. The number of halogens is 2. The highest BCUT2D eigenvalue weighted by Gasteiger charge is 2.21. The fraction of sp³-hybridized carbons (Fsp3) is 0.438. The molecule has 1 unspecified atom stereocenters. The molecule has 0 saturated carbocycles. The van der Waals surface area contributed by atoms with E-state index in [0.29, 0.717) is 16.0 Å². The average Bonchev–Trinajstić information content (AvgIpc) is 2.93. The predicted molar refractivity (Wildman–Crippen MR) is 92.8 cm³/mol. The second-order valence-corrected chi connectivity index (χ2v) is 6.97. The van der Waals surface area contributed by atoms with E-state index in [1.807, 2.05) is 18.2 Å². The van der Waals surface area contributed by atoms with Crippen LogP contribution >= 0.6 is 34.5 Å². The largest absolute Gasteiger partial charge is 0.304 e. The SMILES string of the molecule is CCCNC(c1nc(C(C)C)cs1)c1cccc(Cl)c1Cl. The summed E-state index contributed by atoms with van der Waals surface area (Å²) >= 11 is 14.2. The minimum Gasteiger partial charge on any atom is -0.304 e. The number of nitrogens with one attached hydrogen (secondary N) is 1. The highest BCUT2D eigenvalue weighted by Crippen LogP contribution is 2.35. The van der Waals surface area contributed by atoms with Gasteiger partial charge in [0.25, 0.3) is 0 Å². The van der Waals surface area contributed by atoms with Crippen LogP contribution in [0.4, 0.5) is 0 Å². The third-order valence-electron chi connectivity index (χ3n) is 3.27. The molecule has 0 spiro atoms. The monoisotopic (exact) mass is 342 g/mol. The van der Waals surface area contributed by atoms with Crippen LogP contribution in [0, 0.1) is 0 Å². The molecule has 114 valence electrons. The molecule has 0 aliphatic heterocycles. The first-order valence-corrected chi connectivity index (χ1v) is 8.80. The van der Waals surface area contributed by atoms with Crippen molar-refractivity contribution in [1.82, 2.24) is 10.3 Å². The average molecular weight is 343 g/mol. The summed E-state index contributed by atoms with van der Waals surface area (Å²) in [6, 6.07) is 5.75. The van der Waals surface area contributed by atoms with Crippen LogP contribution in [0.15, 0.2) is 23.6 Å². The summed E-state index contributed by atoms with van der Waals surface area (Å²) in [6.45, 7) is 7.36. The Labute approximate surface area is 140 Å². The molecule has 1 heterocycles. The molecule has 0 fully saturated rings. The summed E-state index contributed by atoms with van der Waals surface area (Å²) in [5.74, 6) is 0.427. The number of nitrogens with zero attached hydrogens (tertiary/aromatic N) is 1. The Morgan fingerprint density at radius 2 is 2.05 bits per heavy atom. The lowest BCUT2D eigenvalue weighted by Gasteiger charge is -2.18. The van der Waals surface area contributed by atoms with Crippen molar-refractivity contribution in [3.8, 4) is 0 Å². The summed E-state index contributed by atoms with van der Waals surface area (Å²) in [7, 11) is 0. The van der Waals surface area contributed by atoms with Crippen LogP contribution in [0.5, 0.6) is 0 Å². The van der Waals surface area contributed by atoms with Crippen LogP contribution in [0.3, 0.4) is 0 Å². The van der Waals surface area contributed by atoms with E-state index in [2.05, 4.69) is 31.5 Å². The van der Waals surface area contributed by atoms with Gasteiger partial charge in [-0.2, -0.15) is 0 Å². The van der Waals surface area contributed by atoms with Crippen molar-refractivity contribution in [2.24, 2.45) is 0 Å². The maximum atomic E-state index is 6.39. The molecule has 1 aromatic carbocycles. The number of benzene rings is 1. The second kappa shape index (κ2) is 7.59. The molecule has 1 N–H and O–H groups in total. The molecule has 2 rings (SSSR count). The molecule has 21 heavy (non-hydrogen) atoms. The van der Waals surface area contributed by atoms with E-state index < -0.39 is 0 Å². The van der Waals surface area contributed by atoms with Gasteiger partial charge in [0.2, 0.25) is 0 Å². The first-order chi connectivity index (χ1) is 10.0. The summed E-state index contributed by atoms with van der Waals surface area (Å²) < 4.78 is 0. The molecule has 5 heteroatoms. The first-order valence-electron chi connectivity index (χ1n) is 7.17. The second-order valence-electron chi connectivity index (χ2n) is 5.30. The molecular weight excluding hydrogens is 323 g/mol. The smallest absolute Gasteiger partial charge is 0.114 e. The summed E-state index contributed by atoms with van der Waals surface area (Å²) in [6.07, 6.45) is 1.05. The normalized spacial score (nSPS) is 12.9. The van der Waals surface area contributed by atoms with Crippen LogP contribution in [-0.2, 0) is 0 Å². The molecule has 0 radical (unpaired) electrons. The van der Waals surface area contributed by atoms with Gasteiger partial charge in [0, 0.05) is 5.38 Å². The van der Waals surface area contributed by atoms with Crippen molar-refractivity contribution in [3.05, 3.63) is 49.9 Å². The minimum atomic E-state index is -0.00588. The Morgan fingerprint density at radius 1 is 1.29 bits per heavy atom. The highest BCUT2D eigenvalue weighted by molar-refractivity contribution is 7.09. The lowest BCUT2D eigenvalue weighted by Crippen LogP contribution is -2.23. The van der Waals surface area contributed by atoms with Crippen molar-refractivity contribution in [2.45, 2.75) is 39.2 Å². The molecule has 0 bridgehead atoms. The van der Waals surface area contributed by atoms with E-state index in [1.165, 1.54) is 0 Å².